The molecular weight excluding hydrogens is 687 g/mol. The van der Waals surface area contributed by atoms with Crippen molar-refractivity contribution in [3.8, 4) is 11.1 Å². The molecule has 57 heavy (non-hydrogen) atoms. The van der Waals surface area contributed by atoms with Crippen LogP contribution < -0.4 is 5.73 Å². The second-order valence-corrected chi connectivity index (χ2v) is 15.2. The summed E-state index contributed by atoms with van der Waals surface area (Å²) >= 11 is 0. The molecule has 1 nitrogen and oxygen atoms in total. The summed E-state index contributed by atoms with van der Waals surface area (Å²) < 4.78 is 0. The van der Waals surface area contributed by atoms with Crippen molar-refractivity contribution < 1.29 is 0 Å². The van der Waals surface area contributed by atoms with E-state index in [9.17, 15) is 0 Å². The van der Waals surface area contributed by atoms with Crippen molar-refractivity contribution in [3.05, 3.63) is 269 Å². The van der Waals surface area contributed by atoms with E-state index in [1.807, 2.05) is 0 Å². The van der Waals surface area contributed by atoms with Crippen molar-refractivity contribution in [2.24, 2.45) is 17.6 Å². The summed E-state index contributed by atoms with van der Waals surface area (Å²) in [6, 6.07) is 38.9. The normalized spacial score (nSPS) is 23.2. The van der Waals surface area contributed by atoms with Crippen LogP contribution in [0.3, 0.4) is 0 Å². The summed E-state index contributed by atoms with van der Waals surface area (Å²) in [6.07, 6.45) is 38.5. The highest BCUT2D eigenvalue weighted by atomic mass is 14.5. The molecule has 2 bridgehead atoms. The highest BCUT2D eigenvalue weighted by molar-refractivity contribution is 5.78. The Morgan fingerprint density at radius 3 is 2.26 bits per heavy atom. The van der Waals surface area contributed by atoms with Gasteiger partial charge >= 0.3 is 0 Å². The highest BCUT2D eigenvalue weighted by Gasteiger charge is 2.25. The first-order valence-corrected chi connectivity index (χ1v) is 20.2. The topological polar surface area (TPSA) is 26.0 Å². The van der Waals surface area contributed by atoms with Crippen LogP contribution in [0.2, 0.25) is 0 Å². The molecule has 1 heteroatoms. The van der Waals surface area contributed by atoms with Gasteiger partial charge in [0.25, 0.3) is 0 Å². The van der Waals surface area contributed by atoms with Gasteiger partial charge in [-0.05, 0) is 118 Å². The summed E-state index contributed by atoms with van der Waals surface area (Å²) in [5.74, 6) is 0.667. The van der Waals surface area contributed by atoms with Gasteiger partial charge in [0.15, 0.2) is 0 Å². The van der Waals surface area contributed by atoms with E-state index in [-0.39, 0.29) is 11.8 Å². The van der Waals surface area contributed by atoms with Crippen molar-refractivity contribution in [1.82, 2.24) is 0 Å². The molecule has 3 atom stereocenters. The summed E-state index contributed by atoms with van der Waals surface area (Å²) in [6.45, 7) is 9.00. The van der Waals surface area contributed by atoms with Gasteiger partial charge in [-0.1, -0.05) is 206 Å². The monoisotopic (exact) mass is 739 g/mol. The van der Waals surface area contributed by atoms with Crippen molar-refractivity contribution in [2.75, 3.05) is 0 Å². The molecule has 3 unspecified atom stereocenters. The fourth-order valence-corrected chi connectivity index (χ4v) is 7.95. The third-order valence-corrected chi connectivity index (χ3v) is 11.1. The zero-order valence-corrected chi connectivity index (χ0v) is 33.3. The standard InChI is InChI=1S/C56H53N/c1-41-28-29-44(17-14-19-45-30-33-49(34-31-45)48-21-6-4-7-22-48)18-15-20-47(36-41)38-51-25-11-13-26-52(51)42(2)37-55(43(3)40-57)56-39-46-16-10-12-27-53(54(56)35-32-46)50-23-8-5-9-24-50/h4-18,20-37,40,44,46,53H,2,19,38-39,57H2,1,3H3/b16-10-,17-14+,18-15?,27-12-,29-28-,41-36+,43-40-,47-20+,55-37+. The van der Waals surface area contributed by atoms with E-state index in [0.29, 0.717) is 5.92 Å². The van der Waals surface area contributed by atoms with E-state index in [4.69, 9.17) is 12.3 Å². The molecule has 0 saturated heterocycles. The van der Waals surface area contributed by atoms with Gasteiger partial charge in [-0.15, -0.1) is 0 Å². The average molecular weight is 740 g/mol. The molecule has 4 aliphatic rings. The van der Waals surface area contributed by atoms with Gasteiger partial charge in [-0.3, -0.25) is 0 Å². The van der Waals surface area contributed by atoms with Crippen molar-refractivity contribution >= 4 is 5.57 Å². The highest BCUT2D eigenvalue weighted by Crippen LogP contribution is 2.42. The van der Waals surface area contributed by atoms with Crippen molar-refractivity contribution in [3.63, 3.8) is 0 Å². The lowest BCUT2D eigenvalue weighted by atomic mass is 9.77. The summed E-state index contributed by atoms with van der Waals surface area (Å²) in [4.78, 5) is 0. The molecule has 0 heterocycles. The molecule has 282 valence electrons. The Morgan fingerprint density at radius 1 is 0.754 bits per heavy atom. The van der Waals surface area contributed by atoms with Crippen LogP contribution in [0.15, 0.2) is 247 Å². The van der Waals surface area contributed by atoms with Crippen LogP contribution in [-0.4, -0.2) is 0 Å². The molecule has 4 aromatic rings. The number of benzene rings is 4. The van der Waals surface area contributed by atoms with Gasteiger partial charge in [0.2, 0.25) is 0 Å². The van der Waals surface area contributed by atoms with Gasteiger partial charge in [0.1, 0.15) is 0 Å². The lowest BCUT2D eigenvalue weighted by Gasteiger charge is -2.27. The Labute approximate surface area is 340 Å². The zero-order chi connectivity index (χ0) is 39.4. The SMILES string of the molecule is C=C(/C=C(C1=C2C=CC(/C=C\C=C/C2c2ccccc2)C1)\C(C)=C/N)c1ccccc1CC1=C\C=CC(/C=C/Cc2ccc(-c3ccccc3)cc2)\C=C/C(C)=C/1. The second kappa shape index (κ2) is 18.9. The minimum Gasteiger partial charge on any atom is -0.404 e. The molecule has 2 N–H and O–H groups in total. The Balaban J connectivity index is 1.11. The maximum Gasteiger partial charge on any atom is 0.0275 e. The minimum absolute atomic E-state index is 0.135. The van der Waals surface area contributed by atoms with E-state index in [0.717, 1.165) is 41.5 Å². The van der Waals surface area contributed by atoms with Crippen LogP contribution in [0, 0.1) is 11.8 Å². The minimum atomic E-state index is 0.135. The average Bonchev–Trinajstić information content (AvgIpc) is 3.46. The van der Waals surface area contributed by atoms with Crippen LogP contribution in [-0.2, 0) is 12.8 Å². The van der Waals surface area contributed by atoms with Crippen LogP contribution in [0.25, 0.3) is 16.7 Å². The molecule has 0 fully saturated rings. The van der Waals surface area contributed by atoms with Gasteiger partial charge in [0.05, 0.1) is 0 Å². The molecule has 0 spiro atoms. The lowest BCUT2D eigenvalue weighted by Crippen LogP contribution is -2.11. The number of fused-ring (bicyclic) bond motifs is 3. The first-order valence-electron chi connectivity index (χ1n) is 20.2. The number of nitrogens with two attached hydrogens (primary N) is 1. The smallest absolute Gasteiger partial charge is 0.0275 e. The molecule has 0 radical (unpaired) electrons. The maximum absolute atomic E-state index is 6.30. The fourth-order valence-electron chi connectivity index (χ4n) is 7.95. The third kappa shape index (κ3) is 10.1. The molecular formula is C56H53N. The maximum atomic E-state index is 6.30. The third-order valence-electron chi connectivity index (χ3n) is 11.1. The molecule has 0 aliphatic heterocycles. The first kappa shape index (κ1) is 38.8. The van der Waals surface area contributed by atoms with Crippen molar-refractivity contribution in [1.29, 1.82) is 0 Å². The first-order chi connectivity index (χ1) is 27.9. The Kier molecular flexibility index (Phi) is 12.9. The van der Waals surface area contributed by atoms with Gasteiger partial charge in [-0.2, -0.15) is 0 Å². The van der Waals surface area contributed by atoms with Crippen molar-refractivity contribution in [2.45, 2.75) is 39.0 Å². The summed E-state index contributed by atoms with van der Waals surface area (Å²) in [7, 11) is 0. The van der Waals surface area contributed by atoms with Crippen LogP contribution in [0.5, 0.6) is 0 Å². The number of hydrogen-bond donors (Lipinski definition) is 1. The quantitative estimate of drug-likeness (QED) is 0.120. The lowest BCUT2D eigenvalue weighted by molar-refractivity contribution is 0.768. The summed E-state index contributed by atoms with van der Waals surface area (Å²) in [5, 5.41) is 0. The second-order valence-electron chi connectivity index (χ2n) is 15.2. The van der Waals surface area contributed by atoms with E-state index in [1.54, 1.807) is 6.20 Å². The Morgan fingerprint density at radius 2 is 1.47 bits per heavy atom. The predicted octanol–water partition coefficient (Wildman–Crippen LogP) is 13.9. The number of hydrogen-bond acceptors (Lipinski definition) is 1. The Bertz CT molecular complexity index is 2400. The molecule has 0 saturated carbocycles. The molecule has 4 aromatic carbocycles. The molecule has 8 rings (SSSR count). The van der Waals surface area contributed by atoms with Gasteiger partial charge in [0, 0.05) is 11.8 Å². The molecule has 0 amide bonds. The van der Waals surface area contributed by atoms with E-state index >= 15 is 0 Å². The van der Waals surface area contributed by atoms with Crippen LogP contribution in [0.1, 0.15) is 48.4 Å². The fraction of sp³-hybridized carbons (Fsp3) is 0.143. The van der Waals surface area contributed by atoms with E-state index < -0.39 is 0 Å². The number of allylic oxidation sites excluding steroid dienone is 22. The summed E-state index contributed by atoms with van der Waals surface area (Å²) in [5.41, 5.74) is 22.1. The largest absolute Gasteiger partial charge is 0.404 e. The Hall–Kier alpha value is -6.44. The van der Waals surface area contributed by atoms with Crippen LogP contribution in [0.4, 0.5) is 0 Å². The van der Waals surface area contributed by atoms with Crippen LogP contribution >= 0.6 is 0 Å². The van der Waals surface area contributed by atoms with Gasteiger partial charge < -0.3 is 5.73 Å². The van der Waals surface area contributed by atoms with E-state index in [2.05, 4.69) is 214 Å². The predicted molar refractivity (Wildman–Crippen MR) is 245 cm³/mol. The van der Waals surface area contributed by atoms with E-state index in [1.165, 1.54) is 50.1 Å². The van der Waals surface area contributed by atoms with Gasteiger partial charge in [-0.25, -0.2) is 0 Å². The molecule has 0 aromatic heterocycles. The number of rotatable bonds is 11. The zero-order valence-electron chi connectivity index (χ0n) is 33.3. The molecule has 4 aliphatic carbocycles.